The van der Waals surface area contributed by atoms with Gasteiger partial charge in [-0.1, -0.05) is 25.6 Å². The maximum absolute atomic E-state index is 5.79. The minimum absolute atomic E-state index is 0.579. The number of nitrogens with one attached hydrogen (secondary N) is 1. The summed E-state index contributed by atoms with van der Waals surface area (Å²) in [5.41, 5.74) is 2.26. The minimum atomic E-state index is 0.579. The van der Waals surface area contributed by atoms with Gasteiger partial charge in [-0.15, -0.1) is 0 Å². The van der Waals surface area contributed by atoms with Gasteiger partial charge in [0.15, 0.2) is 0 Å². The number of benzene rings is 1. The smallest absolute Gasteiger partial charge is 0.138 e. The van der Waals surface area contributed by atoms with Crippen LogP contribution in [0, 0.1) is 0 Å². The molecule has 0 amide bonds. The summed E-state index contributed by atoms with van der Waals surface area (Å²) in [5, 5.41) is 3.13. The Hall–Kier alpha value is -0.800. The van der Waals surface area contributed by atoms with Crippen molar-refractivity contribution in [2.24, 2.45) is 0 Å². The van der Waals surface area contributed by atoms with E-state index in [1.54, 1.807) is 0 Å². The third kappa shape index (κ3) is 3.65. The van der Waals surface area contributed by atoms with Crippen molar-refractivity contribution in [1.82, 2.24) is 5.32 Å². The molecule has 2 nitrogen and oxygen atoms in total. The molecule has 0 saturated heterocycles. The van der Waals surface area contributed by atoms with Gasteiger partial charge in [0.2, 0.25) is 0 Å². The van der Waals surface area contributed by atoms with Gasteiger partial charge in [0, 0.05) is 12.1 Å². The topological polar surface area (TPSA) is 21.3 Å². The van der Waals surface area contributed by atoms with Crippen LogP contribution in [-0.2, 0) is 6.54 Å². The number of hydrogen-bond acceptors (Lipinski definition) is 2. The second-order valence-electron chi connectivity index (χ2n) is 3.65. The Labute approximate surface area is 106 Å². The van der Waals surface area contributed by atoms with E-state index in [0.29, 0.717) is 6.61 Å². The van der Waals surface area contributed by atoms with E-state index in [2.05, 4.69) is 40.8 Å². The fourth-order valence-corrected chi connectivity index (χ4v) is 1.84. The lowest BCUT2D eigenvalue weighted by Gasteiger charge is -2.13. The van der Waals surface area contributed by atoms with Crippen LogP contribution in [0.25, 0.3) is 0 Å². The van der Waals surface area contributed by atoms with E-state index in [-0.39, 0.29) is 0 Å². The lowest BCUT2D eigenvalue weighted by Crippen LogP contribution is -2.09. The third-order valence-electron chi connectivity index (χ3n) is 2.34. The van der Waals surface area contributed by atoms with Crippen LogP contribution < -0.4 is 10.1 Å². The molecule has 1 aromatic carbocycles. The molecule has 0 unspecified atom stereocenters. The van der Waals surface area contributed by atoms with Gasteiger partial charge in [-0.25, -0.2) is 0 Å². The second-order valence-corrected chi connectivity index (χ2v) is 4.50. The summed E-state index contributed by atoms with van der Waals surface area (Å²) < 4.78 is 6.78. The van der Waals surface area contributed by atoms with Gasteiger partial charge in [-0.3, -0.25) is 0 Å². The van der Waals surface area contributed by atoms with Gasteiger partial charge in [0.25, 0.3) is 0 Å². The highest BCUT2D eigenvalue weighted by atomic mass is 79.9. The SMILES string of the molecule is C=C(CC)COc1c(Br)cccc1CNC. The molecule has 1 rings (SSSR count). The van der Waals surface area contributed by atoms with Gasteiger partial charge in [0.05, 0.1) is 4.47 Å². The summed E-state index contributed by atoms with van der Waals surface area (Å²) in [5.74, 6) is 0.909. The fraction of sp³-hybridized carbons (Fsp3) is 0.385. The van der Waals surface area contributed by atoms with E-state index in [1.807, 2.05) is 19.2 Å². The number of rotatable bonds is 6. The molecule has 0 aromatic heterocycles. The van der Waals surface area contributed by atoms with Crippen molar-refractivity contribution in [1.29, 1.82) is 0 Å². The van der Waals surface area contributed by atoms with Gasteiger partial charge >= 0.3 is 0 Å². The van der Waals surface area contributed by atoms with E-state index >= 15 is 0 Å². The number of hydrogen-bond donors (Lipinski definition) is 1. The highest BCUT2D eigenvalue weighted by Crippen LogP contribution is 2.29. The average Bonchev–Trinajstić information content (AvgIpc) is 2.28. The first-order valence-electron chi connectivity index (χ1n) is 5.40. The zero-order chi connectivity index (χ0) is 12.0. The Morgan fingerprint density at radius 3 is 2.88 bits per heavy atom. The molecule has 0 aliphatic heterocycles. The molecule has 0 spiro atoms. The third-order valence-corrected chi connectivity index (χ3v) is 2.96. The van der Waals surface area contributed by atoms with E-state index in [9.17, 15) is 0 Å². The Kier molecular flexibility index (Phi) is 5.56. The molecule has 0 atom stereocenters. The zero-order valence-electron chi connectivity index (χ0n) is 9.85. The lowest BCUT2D eigenvalue weighted by atomic mass is 10.2. The van der Waals surface area contributed by atoms with Crippen molar-refractivity contribution >= 4 is 15.9 Å². The quantitative estimate of drug-likeness (QED) is 0.807. The van der Waals surface area contributed by atoms with Crippen molar-refractivity contribution in [3.63, 3.8) is 0 Å². The van der Waals surface area contributed by atoms with Crippen LogP contribution in [0.1, 0.15) is 18.9 Å². The molecule has 1 aromatic rings. The summed E-state index contributed by atoms with van der Waals surface area (Å²) in [7, 11) is 1.93. The summed E-state index contributed by atoms with van der Waals surface area (Å²) in [6, 6.07) is 6.06. The first-order valence-corrected chi connectivity index (χ1v) is 6.19. The average molecular weight is 284 g/mol. The van der Waals surface area contributed by atoms with Gasteiger partial charge in [0.1, 0.15) is 12.4 Å². The first kappa shape index (κ1) is 13.3. The molecular formula is C13H18BrNO. The number of ether oxygens (including phenoxy) is 1. The van der Waals surface area contributed by atoms with E-state index in [0.717, 1.165) is 34.3 Å². The van der Waals surface area contributed by atoms with Crippen LogP contribution in [-0.4, -0.2) is 13.7 Å². The molecule has 0 saturated carbocycles. The van der Waals surface area contributed by atoms with Crippen molar-refractivity contribution in [2.45, 2.75) is 19.9 Å². The van der Waals surface area contributed by atoms with Crippen molar-refractivity contribution in [3.05, 3.63) is 40.4 Å². The summed E-state index contributed by atoms with van der Waals surface area (Å²) in [6.07, 6.45) is 0.950. The van der Waals surface area contributed by atoms with E-state index in [4.69, 9.17) is 4.74 Å². The van der Waals surface area contributed by atoms with Gasteiger partial charge < -0.3 is 10.1 Å². The standard InChI is InChI=1S/C13H18BrNO/c1-4-10(2)9-16-13-11(8-15-3)6-5-7-12(13)14/h5-7,15H,2,4,8-9H2,1,3H3. The van der Waals surface area contributed by atoms with Crippen LogP contribution in [0.5, 0.6) is 5.75 Å². The molecule has 3 heteroatoms. The highest BCUT2D eigenvalue weighted by molar-refractivity contribution is 9.10. The molecule has 88 valence electrons. The second kappa shape index (κ2) is 6.71. The first-order chi connectivity index (χ1) is 7.69. The lowest BCUT2D eigenvalue weighted by molar-refractivity contribution is 0.342. The van der Waals surface area contributed by atoms with E-state index in [1.165, 1.54) is 0 Å². The van der Waals surface area contributed by atoms with Gasteiger partial charge in [-0.2, -0.15) is 0 Å². The van der Waals surface area contributed by atoms with E-state index < -0.39 is 0 Å². The number of para-hydroxylation sites is 1. The van der Waals surface area contributed by atoms with Crippen LogP contribution in [0.3, 0.4) is 0 Å². The Morgan fingerprint density at radius 1 is 1.50 bits per heavy atom. The minimum Gasteiger partial charge on any atom is -0.488 e. The molecule has 0 radical (unpaired) electrons. The fourth-order valence-electron chi connectivity index (χ4n) is 1.32. The predicted octanol–water partition coefficient (Wildman–Crippen LogP) is 3.51. The summed E-state index contributed by atoms with van der Waals surface area (Å²) >= 11 is 3.51. The monoisotopic (exact) mass is 283 g/mol. The predicted molar refractivity (Wildman–Crippen MR) is 71.8 cm³/mol. The van der Waals surface area contributed by atoms with Crippen molar-refractivity contribution in [3.8, 4) is 5.75 Å². The Bertz CT molecular complexity index is 363. The van der Waals surface area contributed by atoms with Crippen LogP contribution in [0.2, 0.25) is 0 Å². The molecule has 1 N–H and O–H groups in total. The largest absolute Gasteiger partial charge is 0.488 e. The molecular weight excluding hydrogens is 266 g/mol. The molecule has 0 heterocycles. The van der Waals surface area contributed by atoms with Crippen LogP contribution in [0.15, 0.2) is 34.8 Å². The number of halogens is 1. The zero-order valence-corrected chi connectivity index (χ0v) is 11.4. The highest BCUT2D eigenvalue weighted by Gasteiger charge is 2.07. The maximum Gasteiger partial charge on any atom is 0.138 e. The van der Waals surface area contributed by atoms with Crippen LogP contribution >= 0.6 is 15.9 Å². The maximum atomic E-state index is 5.79. The molecule has 16 heavy (non-hydrogen) atoms. The van der Waals surface area contributed by atoms with Gasteiger partial charge in [-0.05, 0) is 41.0 Å². The molecule has 0 aliphatic rings. The van der Waals surface area contributed by atoms with Crippen molar-refractivity contribution < 1.29 is 4.74 Å². The molecule has 0 fully saturated rings. The normalized spacial score (nSPS) is 10.2. The molecule has 0 bridgehead atoms. The summed E-state index contributed by atoms with van der Waals surface area (Å²) in [4.78, 5) is 0. The van der Waals surface area contributed by atoms with Crippen LogP contribution in [0.4, 0.5) is 0 Å². The van der Waals surface area contributed by atoms with Crippen molar-refractivity contribution in [2.75, 3.05) is 13.7 Å². The Balaban J connectivity index is 2.79. The summed E-state index contributed by atoms with van der Waals surface area (Å²) in [6.45, 7) is 7.40. The Morgan fingerprint density at radius 2 is 2.25 bits per heavy atom. The molecule has 0 aliphatic carbocycles.